The largest absolute Gasteiger partial charge is 0.465 e. The fourth-order valence-corrected chi connectivity index (χ4v) is 1.70. The molecule has 0 bridgehead atoms. The first-order valence-corrected chi connectivity index (χ1v) is 7.48. The van der Waals surface area contributed by atoms with Gasteiger partial charge < -0.3 is 15.4 Å². The van der Waals surface area contributed by atoms with Gasteiger partial charge in [-0.3, -0.25) is 4.79 Å². The quantitative estimate of drug-likeness (QED) is 0.429. The van der Waals surface area contributed by atoms with Gasteiger partial charge in [0.1, 0.15) is 18.2 Å². The molecule has 0 aliphatic rings. The predicted molar refractivity (Wildman–Crippen MR) is 77.7 cm³/mol. The van der Waals surface area contributed by atoms with Crippen LogP contribution in [0.25, 0.3) is 0 Å². The Morgan fingerprint density at radius 2 is 2.00 bits per heavy atom. The topological polar surface area (TPSA) is 76.1 Å². The van der Waals surface area contributed by atoms with Crippen molar-refractivity contribution in [2.24, 2.45) is 0 Å². The Balaban J connectivity index is 2.67. The van der Waals surface area contributed by atoms with Gasteiger partial charge in [0.15, 0.2) is 5.16 Å². The third-order valence-electron chi connectivity index (χ3n) is 2.16. The molecule has 0 fully saturated rings. The van der Waals surface area contributed by atoms with E-state index in [-0.39, 0.29) is 12.5 Å². The summed E-state index contributed by atoms with van der Waals surface area (Å²) in [6.07, 6.45) is 2.93. The van der Waals surface area contributed by atoms with Crippen LogP contribution in [0.5, 0.6) is 0 Å². The molecule has 0 aromatic carbocycles. The smallest absolute Gasteiger partial charge is 0.325 e. The molecule has 1 aromatic heterocycles. The normalized spacial score (nSPS) is 10.1. The summed E-state index contributed by atoms with van der Waals surface area (Å²) in [6, 6.07) is 1.79. The summed E-state index contributed by atoms with van der Waals surface area (Å²) < 4.78 is 4.85. The highest BCUT2D eigenvalue weighted by atomic mass is 32.2. The minimum Gasteiger partial charge on any atom is -0.465 e. The van der Waals surface area contributed by atoms with Gasteiger partial charge in [-0.05, 0) is 19.6 Å². The number of anilines is 2. The van der Waals surface area contributed by atoms with Crippen LogP contribution in [-0.4, -0.2) is 41.9 Å². The van der Waals surface area contributed by atoms with Crippen molar-refractivity contribution in [2.75, 3.05) is 36.6 Å². The molecule has 1 aromatic rings. The number of carbonyl (C=O) groups excluding carboxylic acids is 1. The van der Waals surface area contributed by atoms with Crippen molar-refractivity contribution >= 4 is 29.4 Å². The van der Waals surface area contributed by atoms with E-state index in [1.165, 1.54) is 11.8 Å². The van der Waals surface area contributed by atoms with Crippen molar-refractivity contribution in [2.45, 2.75) is 25.4 Å². The van der Waals surface area contributed by atoms with E-state index in [1.54, 1.807) is 13.0 Å². The van der Waals surface area contributed by atoms with Gasteiger partial charge in [-0.1, -0.05) is 18.7 Å². The maximum absolute atomic E-state index is 11.3. The molecule has 0 aliphatic carbocycles. The van der Waals surface area contributed by atoms with E-state index in [0.29, 0.717) is 17.6 Å². The number of hydrogen-bond donors (Lipinski definition) is 2. The van der Waals surface area contributed by atoms with Crippen molar-refractivity contribution in [3.63, 3.8) is 0 Å². The van der Waals surface area contributed by atoms with Crippen LogP contribution in [-0.2, 0) is 9.53 Å². The fourth-order valence-electron chi connectivity index (χ4n) is 1.33. The van der Waals surface area contributed by atoms with Crippen LogP contribution in [0.1, 0.15) is 20.3 Å². The number of hydrogen-bond acceptors (Lipinski definition) is 7. The zero-order chi connectivity index (χ0) is 14.1. The molecule has 1 heterocycles. The molecule has 2 N–H and O–H groups in total. The van der Waals surface area contributed by atoms with Crippen LogP contribution in [0.15, 0.2) is 11.2 Å². The Kier molecular flexibility index (Phi) is 7.02. The number of nitrogens with zero attached hydrogens (tertiary/aromatic N) is 2. The van der Waals surface area contributed by atoms with E-state index in [9.17, 15) is 4.79 Å². The second-order valence-electron chi connectivity index (χ2n) is 3.71. The van der Waals surface area contributed by atoms with Gasteiger partial charge >= 0.3 is 5.97 Å². The molecule has 0 atom stereocenters. The average molecular weight is 284 g/mol. The average Bonchev–Trinajstić information content (AvgIpc) is 2.43. The van der Waals surface area contributed by atoms with Gasteiger partial charge in [-0.2, -0.15) is 0 Å². The Morgan fingerprint density at radius 1 is 1.32 bits per heavy atom. The van der Waals surface area contributed by atoms with E-state index in [0.717, 1.165) is 18.8 Å². The summed E-state index contributed by atoms with van der Waals surface area (Å²) >= 11 is 1.46. The van der Waals surface area contributed by atoms with Gasteiger partial charge in [-0.25, -0.2) is 9.97 Å². The number of ether oxygens (including phenoxy) is 1. The van der Waals surface area contributed by atoms with Gasteiger partial charge in [0, 0.05) is 12.6 Å². The minimum atomic E-state index is -0.296. The number of rotatable bonds is 8. The first kappa shape index (κ1) is 15.6. The Morgan fingerprint density at radius 3 is 2.58 bits per heavy atom. The standard InChI is InChI=1S/C12H20N4O2S/c1-4-6-13-9-7-10(16-12(15-9)19-3)14-8-11(17)18-5-2/h7H,4-6,8H2,1-3H3,(H2,13,14,15,16). The summed E-state index contributed by atoms with van der Waals surface area (Å²) in [4.78, 5) is 19.9. The Hall–Kier alpha value is -1.50. The number of thioether (sulfide) groups is 1. The highest BCUT2D eigenvalue weighted by molar-refractivity contribution is 7.98. The van der Waals surface area contributed by atoms with E-state index in [2.05, 4.69) is 27.5 Å². The highest BCUT2D eigenvalue weighted by Crippen LogP contribution is 2.17. The Labute approximate surface area is 117 Å². The molecule has 1 rings (SSSR count). The number of esters is 1. The maximum Gasteiger partial charge on any atom is 0.325 e. The fraction of sp³-hybridized carbons (Fsp3) is 0.583. The molecule has 6 nitrogen and oxygen atoms in total. The molecule has 0 amide bonds. The van der Waals surface area contributed by atoms with E-state index in [1.807, 2.05) is 6.26 Å². The van der Waals surface area contributed by atoms with Crippen molar-refractivity contribution in [1.29, 1.82) is 0 Å². The zero-order valence-electron chi connectivity index (χ0n) is 11.5. The van der Waals surface area contributed by atoms with Gasteiger partial charge in [-0.15, -0.1) is 0 Å². The first-order valence-electron chi connectivity index (χ1n) is 6.26. The van der Waals surface area contributed by atoms with E-state index < -0.39 is 0 Å². The molecule has 0 saturated heterocycles. The molecule has 0 unspecified atom stereocenters. The Bertz CT molecular complexity index is 415. The molecule has 19 heavy (non-hydrogen) atoms. The van der Waals surface area contributed by atoms with Crippen LogP contribution in [0.4, 0.5) is 11.6 Å². The van der Waals surface area contributed by atoms with Crippen molar-refractivity contribution in [3.8, 4) is 0 Å². The summed E-state index contributed by atoms with van der Waals surface area (Å²) in [5, 5.41) is 6.80. The highest BCUT2D eigenvalue weighted by Gasteiger charge is 2.06. The van der Waals surface area contributed by atoms with E-state index >= 15 is 0 Å². The predicted octanol–water partition coefficient (Wildman–Crippen LogP) is 2.00. The second-order valence-corrected chi connectivity index (χ2v) is 4.48. The SMILES string of the molecule is CCCNc1cc(NCC(=O)OCC)nc(SC)n1. The van der Waals surface area contributed by atoms with Crippen molar-refractivity contribution in [1.82, 2.24) is 9.97 Å². The molecule has 106 valence electrons. The van der Waals surface area contributed by atoms with Crippen LogP contribution in [0.2, 0.25) is 0 Å². The number of carbonyl (C=O) groups is 1. The monoisotopic (exact) mass is 284 g/mol. The van der Waals surface area contributed by atoms with Crippen molar-refractivity contribution < 1.29 is 9.53 Å². The second kappa shape index (κ2) is 8.58. The van der Waals surface area contributed by atoms with Crippen molar-refractivity contribution in [3.05, 3.63) is 6.07 Å². The number of nitrogens with one attached hydrogen (secondary N) is 2. The summed E-state index contributed by atoms with van der Waals surface area (Å²) in [7, 11) is 0. The van der Waals surface area contributed by atoms with Crippen LogP contribution in [0.3, 0.4) is 0 Å². The molecule has 0 radical (unpaired) electrons. The summed E-state index contributed by atoms with van der Waals surface area (Å²) in [5.41, 5.74) is 0. The number of aromatic nitrogens is 2. The van der Waals surface area contributed by atoms with Crippen LogP contribution in [0, 0.1) is 0 Å². The third kappa shape index (κ3) is 5.78. The molecule has 0 aliphatic heterocycles. The lowest BCUT2D eigenvalue weighted by Crippen LogP contribution is -2.17. The molecular weight excluding hydrogens is 264 g/mol. The lowest BCUT2D eigenvalue weighted by atomic mass is 10.4. The molecule has 0 spiro atoms. The summed E-state index contributed by atoms with van der Waals surface area (Å²) in [5.74, 6) is 1.08. The summed E-state index contributed by atoms with van der Waals surface area (Å²) in [6.45, 7) is 5.20. The molecule has 7 heteroatoms. The van der Waals surface area contributed by atoms with Gasteiger partial charge in [0.25, 0.3) is 0 Å². The first-order chi connectivity index (χ1) is 9.19. The lowest BCUT2D eigenvalue weighted by molar-refractivity contribution is -0.140. The third-order valence-corrected chi connectivity index (χ3v) is 2.71. The maximum atomic E-state index is 11.3. The minimum absolute atomic E-state index is 0.103. The van der Waals surface area contributed by atoms with Crippen LogP contribution >= 0.6 is 11.8 Å². The molecule has 0 saturated carbocycles. The van der Waals surface area contributed by atoms with E-state index in [4.69, 9.17) is 4.74 Å². The van der Waals surface area contributed by atoms with Gasteiger partial charge in [0.2, 0.25) is 0 Å². The molecular formula is C12H20N4O2S. The zero-order valence-corrected chi connectivity index (χ0v) is 12.3. The van der Waals surface area contributed by atoms with Gasteiger partial charge in [0.05, 0.1) is 6.61 Å². The lowest BCUT2D eigenvalue weighted by Gasteiger charge is -2.09. The van der Waals surface area contributed by atoms with Crippen LogP contribution < -0.4 is 10.6 Å².